The molecule has 0 fully saturated rings. The summed E-state index contributed by atoms with van der Waals surface area (Å²) in [5, 5.41) is 10.9. The Morgan fingerprint density at radius 2 is 2.28 bits per heavy atom. The summed E-state index contributed by atoms with van der Waals surface area (Å²) in [6, 6.07) is 1.88. The largest absolute Gasteiger partial charge is 0.492 e. The molecule has 6 nitrogen and oxygen atoms in total. The molecule has 0 radical (unpaired) electrons. The predicted octanol–water partition coefficient (Wildman–Crippen LogP) is 1.77. The molecule has 25 heavy (non-hydrogen) atoms. The molecule has 1 unspecified atom stereocenters. The van der Waals surface area contributed by atoms with E-state index in [0.29, 0.717) is 25.2 Å². The fourth-order valence-corrected chi connectivity index (χ4v) is 2.78. The van der Waals surface area contributed by atoms with Crippen LogP contribution in [0, 0.1) is 11.8 Å². The summed E-state index contributed by atoms with van der Waals surface area (Å²) < 4.78 is 21.7. The van der Waals surface area contributed by atoms with E-state index in [1.54, 1.807) is 16.8 Å². The maximum Gasteiger partial charge on any atom is 0.217 e. The average molecular weight is 339 g/mol. The number of anilines is 1. The molecular formula is C18H18FN5O. The molecule has 1 atom stereocenters. The van der Waals surface area contributed by atoms with E-state index >= 15 is 0 Å². The van der Waals surface area contributed by atoms with Crippen LogP contribution < -0.4 is 10.6 Å². The van der Waals surface area contributed by atoms with Gasteiger partial charge in [-0.15, -0.1) is 0 Å². The second-order valence-corrected chi connectivity index (χ2v) is 5.76. The van der Waals surface area contributed by atoms with Crippen LogP contribution in [0.4, 0.5) is 10.2 Å². The van der Waals surface area contributed by atoms with Crippen molar-refractivity contribution in [2.75, 3.05) is 31.6 Å². The van der Waals surface area contributed by atoms with Gasteiger partial charge < -0.3 is 15.4 Å². The lowest BCUT2D eigenvalue weighted by molar-refractivity contribution is 0.174. The Labute approximate surface area is 144 Å². The lowest BCUT2D eigenvalue weighted by Crippen LogP contribution is -2.26. The van der Waals surface area contributed by atoms with E-state index in [1.165, 1.54) is 0 Å². The van der Waals surface area contributed by atoms with Gasteiger partial charge in [-0.1, -0.05) is 17.9 Å². The molecule has 0 saturated heterocycles. The molecule has 4 bridgehead atoms. The molecule has 1 aliphatic heterocycles. The third kappa shape index (κ3) is 3.35. The number of alkyl halides is 1. The molecule has 4 rings (SSSR count). The van der Waals surface area contributed by atoms with Gasteiger partial charge >= 0.3 is 0 Å². The van der Waals surface area contributed by atoms with Crippen LogP contribution in [0.25, 0.3) is 11.2 Å². The minimum atomic E-state index is -1.43. The number of halogens is 1. The van der Waals surface area contributed by atoms with E-state index in [0.717, 1.165) is 30.0 Å². The Morgan fingerprint density at radius 3 is 3.24 bits per heavy atom. The van der Waals surface area contributed by atoms with Crippen LogP contribution in [0.3, 0.4) is 0 Å². The quantitative estimate of drug-likeness (QED) is 0.717. The smallest absolute Gasteiger partial charge is 0.217 e. The first-order chi connectivity index (χ1) is 12.3. The molecule has 128 valence electrons. The molecule has 3 heterocycles. The van der Waals surface area contributed by atoms with Gasteiger partial charge in [0.25, 0.3) is 0 Å². The van der Waals surface area contributed by atoms with Crippen molar-refractivity contribution in [2.45, 2.75) is 12.6 Å². The minimum Gasteiger partial charge on any atom is -0.492 e. The number of hydrogen-bond acceptors (Lipinski definition) is 5. The molecule has 0 amide bonds. The molecule has 2 aromatic rings. The summed E-state index contributed by atoms with van der Waals surface area (Å²) in [6.07, 6.45) is 6.30. The van der Waals surface area contributed by atoms with Crippen LogP contribution in [0.15, 0.2) is 36.4 Å². The van der Waals surface area contributed by atoms with Gasteiger partial charge in [-0.3, -0.25) is 0 Å². The molecule has 0 aromatic carbocycles. The number of nitrogens with zero attached hydrogens (tertiary/aromatic N) is 3. The van der Waals surface area contributed by atoms with Crippen LogP contribution in [0.1, 0.15) is 12.0 Å². The standard InChI is InChI=1S/C18H18FN5O/c19-15-4-2-1-3-13-11-16(15)25-10-8-20-6-7-21-17-5-9-24-18(23-17)14(13)12-22-24/h3,5,9,11-12,15,20H,1,6-8,10H2,(H,21,23)/b13-3+,16-11+. The SMILES string of the molecule is FC1C#CC/C=C2\C=C/1OCCNCCNc1ccn3ncc2c3n1. The van der Waals surface area contributed by atoms with E-state index in [1.807, 2.05) is 18.3 Å². The van der Waals surface area contributed by atoms with Gasteiger partial charge in [0.05, 0.1) is 6.20 Å². The zero-order valence-electron chi connectivity index (χ0n) is 13.6. The summed E-state index contributed by atoms with van der Waals surface area (Å²) in [6.45, 7) is 2.50. The Balaban J connectivity index is 1.83. The molecule has 0 spiro atoms. The van der Waals surface area contributed by atoms with Gasteiger partial charge in [0.1, 0.15) is 18.2 Å². The van der Waals surface area contributed by atoms with Gasteiger partial charge in [0.15, 0.2) is 5.65 Å². The van der Waals surface area contributed by atoms with E-state index in [2.05, 4.69) is 32.6 Å². The fourth-order valence-electron chi connectivity index (χ4n) is 2.78. The summed E-state index contributed by atoms with van der Waals surface area (Å²) >= 11 is 0. The highest BCUT2D eigenvalue weighted by Gasteiger charge is 2.17. The first kappa shape index (κ1) is 15.7. The van der Waals surface area contributed by atoms with Gasteiger partial charge in [-0.05, 0) is 17.7 Å². The molecule has 7 heteroatoms. The second kappa shape index (κ2) is 6.95. The van der Waals surface area contributed by atoms with Crippen LogP contribution in [0.5, 0.6) is 0 Å². The normalized spacial score (nSPS) is 24.9. The summed E-state index contributed by atoms with van der Waals surface area (Å²) in [7, 11) is 0. The molecular weight excluding hydrogens is 321 g/mol. The Kier molecular flexibility index (Phi) is 4.36. The van der Waals surface area contributed by atoms with Crippen LogP contribution in [-0.4, -0.2) is 47.0 Å². The van der Waals surface area contributed by atoms with E-state index in [-0.39, 0.29) is 5.76 Å². The highest BCUT2D eigenvalue weighted by atomic mass is 19.1. The topological polar surface area (TPSA) is 63.5 Å². The number of aromatic nitrogens is 3. The molecule has 2 aliphatic rings. The van der Waals surface area contributed by atoms with Crippen molar-refractivity contribution in [1.82, 2.24) is 19.9 Å². The Morgan fingerprint density at radius 1 is 1.32 bits per heavy atom. The van der Waals surface area contributed by atoms with Crippen LogP contribution in [-0.2, 0) is 4.74 Å². The zero-order chi connectivity index (χ0) is 17.1. The number of rotatable bonds is 0. The maximum absolute atomic E-state index is 14.3. The van der Waals surface area contributed by atoms with Crippen molar-refractivity contribution in [3.8, 4) is 11.8 Å². The highest BCUT2D eigenvalue weighted by molar-refractivity contribution is 5.82. The van der Waals surface area contributed by atoms with Crippen molar-refractivity contribution in [2.24, 2.45) is 0 Å². The van der Waals surface area contributed by atoms with Crippen LogP contribution in [0.2, 0.25) is 0 Å². The van der Waals surface area contributed by atoms with E-state index in [9.17, 15) is 4.39 Å². The summed E-state index contributed by atoms with van der Waals surface area (Å²) in [5.41, 5.74) is 2.35. The summed E-state index contributed by atoms with van der Waals surface area (Å²) in [5.74, 6) is 6.42. The number of ether oxygens (including phenoxy) is 1. The summed E-state index contributed by atoms with van der Waals surface area (Å²) in [4.78, 5) is 4.65. The highest BCUT2D eigenvalue weighted by Crippen LogP contribution is 2.25. The third-order valence-corrected chi connectivity index (χ3v) is 4.04. The lowest BCUT2D eigenvalue weighted by Gasteiger charge is -2.15. The number of nitrogens with one attached hydrogen (secondary N) is 2. The first-order valence-electron chi connectivity index (χ1n) is 8.27. The molecule has 2 aromatic heterocycles. The van der Waals surface area contributed by atoms with Crippen molar-refractivity contribution < 1.29 is 9.13 Å². The van der Waals surface area contributed by atoms with Crippen molar-refractivity contribution >= 4 is 17.0 Å². The van der Waals surface area contributed by atoms with Crippen molar-refractivity contribution in [3.05, 3.63) is 41.9 Å². The monoisotopic (exact) mass is 339 g/mol. The van der Waals surface area contributed by atoms with Gasteiger partial charge in [-0.2, -0.15) is 5.10 Å². The van der Waals surface area contributed by atoms with Gasteiger partial charge in [0.2, 0.25) is 6.17 Å². The average Bonchev–Trinajstić information content (AvgIpc) is 3.02. The Bertz CT molecular complexity index is 905. The number of hydrogen-bond donors (Lipinski definition) is 2. The van der Waals surface area contributed by atoms with Crippen molar-refractivity contribution in [1.29, 1.82) is 0 Å². The minimum absolute atomic E-state index is 0.228. The van der Waals surface area contributed by atoms with E-state index < -0.39 is 6.17 Å². The predicted molar refractivity (Wildman–Crippen MR) is 93.6 cm³/mol. The fraction of sp³-hybridized carbons (Fsp3) is 0.333. The van der Waals surface area contributed by atoms with E-state index in [4.69, 9.17) is 4.74 Å². The second-order valence-electron chi connectivity index (χ2n) is 5.76. The molecule has 1 aliphatic carbocycles. The first-order valence-corrected chi connectivity index (χ1v) is 8.27. The van der Waals surface area contributed by atoms with Gasteiger partial charge in [-0.25, -0.2) is 13.9 Å². The number of fused-ring (bicyclic) bond motifs is 3. The van der Waals surface area contributed by atoms with Crippen LogP contribution >= 0.6 is 0 Å². The maximum atomic E-state index is 14.3. The zero-order valence-corrected chi connectivity index (χ0v) is 13.6. The number of allylic oxidation sites excluding steroid dienone is 4. The molecule has 0 saturated carbocycles. The lowest BCUT2D eigenvalue weighted by atomic mass is 10.0. The Hall–Kier alpha value is -2.85. The van der Waals surface area contributed by atoms with Gasteiger partial charge in [0, 0.05) is 37.8 Å². The van der Waals surface area contributed by atoms with Crippen molar-refractivity contribution in [3.63, 3.8) is 0 Å². The molecule has 2 N–H and O–H groups in total. The third-order valence-electron chi connectivity index (χ3n) is 4.04.